The summed E-state index contributed by atoms with van der Waals surface area (Å²) in [6.07, 6.45) is 0. The monoisotopic (exact) mass is 491 g/mol. The van der Waals surface area contributed by atoms with E-state index in [0.29, 0.717) is 21.2 Å². The Morgan fingerprint density at radius 1 is 1.00 bits per heavy atom. The van der Waals surface area contributed by atoms with Crippen molar-refractivity contribution in [2.24, 2.45) is 0 Å². The van der Waals surface area contributed by atoms with Gasteiger partial charge in [-0.3, -0.25) is 9.59 Å². The lowest BCUT2D eigenvalue weighted by molar-refractivity contribution is 0.0953. The van der Waals surface area contributed by atoms with Gasteiger partial charge >= 0.3 is 0 Å². The minimum atomic E-state index is -3.69. The molecular formula is C22H22ClN3O4S2. The molecular weight excluding hydrogens is 470 g/mol. The van der Waals surface area contributed by atoms with Gasteiger partial charge < -0.3 is 10.6 Å². The number of thiophene rings is 1. The lowest BCUT2D eigenvalue weighted by Gasteiger charge is -2.12. The van der Waals surface area contributed by atoms with E-state index in [4.69, 9.17) is 11.6 Å². The van der Waals surface area contributed by atoms with Crippen molar-refractivity contribution >= 4 is 50.5 Å². The van der Waals surface area contributed by atoms with Gasteiger partial charge in [0.15, 0.2) is 0 Å². The Hall–Kier alpha value is -2.72. The molecule has 0 aliphatic carbocycles. The molecule has 0 fully saturated rings. The van der Waals surface area contributed by atoms with Crippen molar-refractivity contribution in [2.75, 3.05) is 18.4 Å². The Morgan fingerprint density at radius 3 is 2.50 bits per heavy atom. The van der Waals surface area contributed by atoms with Crippen LogP contribution in [0.1, 0.15) is 31.2 Å². The van der Waals surface area contributed by atoms with Gasteiger partial charge in [-0.15, -0.1) is 11.3 Å². The maximum atomic E-state index is 12.5. The molecule has 10 heteroatoms. The van der Waals surface area contributed by atoms with Crippen LogP contribution in [-0.2, 0) is 10.0 Å². The average molecular weight is 492 g/mol. The molecule has 0 radical (unpaired) electrons. The van der Waals surface area contributed by atoms with Crippen LogP contribution in [0.2, 0.25) is 5.02 Å². The number of halogens is 1. The summed E-state index contributed by atoms with van der Waals surface area (Å²) in [6, 6.07) is 13.2. The lowest BCUT2D eigenvalue weighted by atomic mass is 10.2. The highest BCUT2D eigenvalue weighted by Crippen LogP contribution is 2.24. The number of aryl methyl sites for hydroxylation is 2. The van der Waals surface area contributed by atoms with E-state index in [2.05, 4.69) is 15.4 Å². The first-order valence-electron chi connectivity index (χ1n) is 9.67. The van der Waals surface area contributed by atoms with E-state index in [-0.39, 0.29) is 29.5 Å². The first kappa shape index (κ1) is 23.9. The maximum Gasteiger partial charge on any atom is 0.265 e. The van der Waals surface area contributed by atoms with Gasteiger partial charge in [0.25, 0.3) is 11.8 Å². The number of amides is 2. The molecule has 2 aromatic carbocycles. The summed E-state index contributed by atoms with van der Waals surface area (Å²) < 4.78 is 27.5. The van der Waals surface area contributed by atoms with Crippen LogP contribution in [0.15, 0.2) is 58.8 Å². The number of rotatable bonds is 8. The Kier molecular flexibility index (Phi) is 7.68. The Labute approximate surface area is 195 Å². The van der Waals surface area contributed by atoms with E-state index in [9.17, 15) is 18.0 Å². The first-order chi connectivity index (χ1) is 15.2. The van der Waals surface area contributed by atoms with Gasteiger partial charge in [0.05, 0.1) is 20.5 Å². The SMILES string of the molecule is Cc1ccc(C)c(S(=O)(=O)NCCNC(=O)c2ccc(Cl)c(NC(=O)c3cccs3)c2)c1. The highest BCUT2D eigenvalue weighted by Gasteiger charge is 2.17. The molecule has 3 rings (SSSR count). The van der Waals surface area contributed by atoms with E-state index in [1.165, 1.54) is 29.5 Å². The smallest absolute Gasteiger partial charge is 0.265 e. The second-order valence-electron chi connectivity index (χ2n) is 7.05. The highest BCUT2D eigenvalue weighted by atomic mass is 35.5. The zero-order chi connectivity index (χ0) is 23.3. The van der Waals surface area contributed by atoms with Gasteiger partial charge in [-0.2, -0.15) is 0 Å². The number of anilines is 1. The second-order valence-corrected chi connectivity index (χ2v) is 10.1. The second kappa shape index (κ2) is 10.3. The summed E-state index contributed by atoms with van der Waals surface area (Å²) in [7, 11) is -3.69. The van der Waals surface area contributed by atoms with Crippen molar-refractivity contribution in [1.29, 1.82) is 0 Å². The largest absolute Gasteiger partial charge is 0.351 e. The molecule has 7 nitrogen and oxygen atoms in total. The summed E-state index contributed by atoms with van der Waals surface area (Å²) in [6.45, 7) is 3.66. The van der Waals surface area contributed by atoms with E-state index in [1.807, 2.05) is 13.0 Å². The highest BCUT2D eigenvalue weighted by molar-refractivity contribution is 7.89. The van der Waals surface area contributed by atoms with Gasteiger partial charge in [0, 0.05) is 18.7 Å². The zero-order valence-corrected chi connectivity index (χ0v) is 19.8. The number of nitrogens with one attached hydrogen (secondary N) is 3. The summed E-state index contributed by atoms with van der Waals surface area (Å²) in [5, 5.41) is 7.43. The number of hydrogen-bond acceptors (Lipinski definition) is 5. The average Bonchev–Trinajstić information content (AvgIpc) is 3.29. The summed E-state index contributed by atoms with van der Waals surface area (Å²) >= 11 is 7.44. The third-order valence-electron chi connectivity index (χ3n) is 4.56. The van der Waals surface area contributed by atoms with E-state index < -0.39 is 15.9 Å². The number of benzene rings is 2. The normalized spacial score (nSPS) is 11.2. The van der Waals surface area contributed by atoms with Crippen molar-refractivity contribution in [3.8, 4) is 0 Å². The quantitative estimate of drug-likeness (QED) is 0.414. The molecule has 1 aromatic heterocycles. The standard InChI is InChI=1S/C22H22ClN3O4S2/c1-14-5-6-15(2)20(12-14)32(29,30)25-10-9-24-21(27)16-7-8-17(23)18(13-16)26-22(28)19-4-3-11-31-19/h3-8,11-13,25H,9-10H2,1-2H3,(H,24,27)(H,26,28). The fourth-order valence-corrected chi connectivity index (χ4v) is 5.04. The van der Waals surface area contributed by atoms with Crippen LogP contribution in [0.4, 0.5) is 5.69 Å². The molecule has 0 saturated carbocycles. The van der Waals surface area contributed by atoms with Crippen molar-refractivity contribution in [3.63, 3.8) is 0 Å². The van der Waals surface area contributed by atoms with Gasteiger partial charge in [0.2, 0.25) is 10.0 Å². The molecule has 0 saturated heterocycles. The third kappa shape index (κ3) is 5.95. The van der Waals surface area contributed by atoms with Crippen molar-refractivity contribution in [3.05, 3.63) is 80.5 Å². The number of carbonyl (C=O) groups excluding carboxylic acids is 2. The molecule has 32 heavy (non-hydrogen) atoms. The molecule has 3 N–H and O–H groups in total. The number of hydrogen-bond donors (Lipinski definition) is 3. The van der Waals surface area contributed by atoms with E-state index in [0.717, 1.165) is 5.56 Å². The van der Waals surface area contributed by atoms with Crippen LogP contribution in [0, 0.1) is 13.8 Å². The molecule has 168 valence electrons. The van der Waals surface area contributed by atoms with Crippen LogP contribution in [-0.4, -0.2) is 33.3 Å². The minimum Gasteiger partial charge on any atom is -0.351 e. The molecule has 2 amide bonds. The van der Waals surface area contributed by atoms with Gasteiger partial charge in [0.1, 0.15) is 0 Å². The first-order valence-corrected chi connectivity index (χ1v) is 12.4. The van der Waals surface area contributed by atoms with Gasteiger partial charge in [-0.1, -0.05) is 29.8 Å². The van der Waals surface area contributed by atoms with Gasteiger partial charge in [-0.05, 0) is 60.7 Å². The van der Waals surface area contributed by atoms with Crippen LogP contribution in [0.5, 0.6) is 0 Å². The molecule has 1 heterocycles. The Bertz CT molecular complexity index is 1240. The summed E-state index contributed by atoms with van der Waals surface area (Å²) in [5.41, 5.74) is 2.08. The summed E-state index contributed by atoms with van der Waals surface area (Å²) in [4.78, 5) is 25.5. The van der Waals surface area contributed by atoms with Crippen LogP contribution in [0.25, 0.3) is 0 Å². The van der Waals surface area contributed by atoms with Crippen LogP contribution < -0.4 is 15.4 Å². The predicted molar refractivity (Wildman–Crippen MR) is 127 cm³/mol. The molecule has 3 aromatic rings. The van der Waals surface area contributed by atoms with E-state index >= 15 is 0 Å². The number of sulfonamides is 1. The fraction of sp³-hybridized carbons (Fsp3) is 0.182. The molecule has 0 atom stereocenters. The maximum absolute atomic E-state index is 12.5. The van der Waals surface area contributed by atoms with Gasteiger partial charge in [-0.25, -0.2) is 13.1 Å². The molecule has 0 spiro atoms. The molecule has 0 aliphatic heterocycles. The van der Waals surface area contributed by atoms with Crippen molar-refractivity contribution < 1.29 is 18.0 Å². The molecule has 0 aliphatic rings. The number of carbonyl (C=O) groups is 2. The minimum absolute atomic E-state index is 0.0248. The molecule has 0 bridgehead atoms. The van der Waals surface area contributed by atoms with Crippen LogP contribution >= 0.6 is 22.9 Å². The summed E-state index contributed by atoms with van der Waals surface area (Å²) in [5.74, 6) is -0.737. The van der Waals surface area contributed by atoms with E-state index in [1.54, 1.807) is 36.6 Å². The topological polar surface area (TPSA) is 104 Å². The Balaban J connectivity index is 1.58. The van der Waals surface area contributed by atoms with Crippen molar-refractivity contribution in [1.82, 2.24) is 10.0 Å². The predicted octanol–water partition coefficient (Wildman–Crippen LogP) is 3.98. The van der Waals surface area contributed by atoms with Crippen molar-refractivity contribution in [2.45, 2.75) is 18.7 Å². The fourth-order valence-electron chi connectivity index (χ4n) is 2.89. The zero-order valence-electron chi connectivity index (χ0n) is 17.4. The Morgan fingerprint density at radius 2 is 1.78 bits per heavy atom. The lowest BCUT2D eigenvalue weighted by Crippen LogP contribution is -2.35. The third-order valence-corrected chi connectivity index (χ3v) is 7.36. The van der Waals surface area contributed by atoms with Crippen LogP contribution in [0.3, 0.4) is 0 Å². The molecule has 0 unspecified atom stereocenters.